The SMILES string of the molecule is CN1CC(F)(P)C(F)(F)C1C(F)F. The number of hydrogen-bond donors (Lipinski definition) is 0. The highest BCUT2D eigenvalue weighted by Crippen LogP contribution is 2.49. The zero-order valence-electron chi connectivity index (χ0n) is 6.78. The van der Waals surface area contributed by atoms with E-state index in [2.05, 4.69) is 0 Å². The molecular weight excluding hydrogens is 212 g/mol. The van der Waals surface area contributed by atoms with E-state index in [1.165, 1.54) is 9.24 Å². The van der Waals surface area contributed by atoms with Crippen LogP contribution in [-0.4, -0.2) is 42.3 Å². The van der Waals surface area contributed by atoms with Gasteiger partial charge in [0.25, 0.3) is 6.43 Å². The van der Waals surface area contributed by atoms with Crippen LogP contribution in [0, 0.1) is 0 Å². The van der Waals surface area contributed by atoms with Crippen molar-refractivity contribution in [1.82, 2.24) is 4.90 Å². The number of halogens is 5. The Balaban J connectivity index is 2.98. The van der Waals surface area contributed by atoms with Crippen LogP contribution < -0.4 is 0 Å². The summed E-state index contributed by atoms with van der Waals surface area (Å²) in [6, 6.07) is -2.34. The summed E-state index contributed by atoms with van der Waals surface area (Å²) in [6.07, 6.45) is -3.25. The highest BCUT2D eigenvalue weighted by Gasteiger charge is 2.67. The largest absolute Gasteiger partial charge is 0.306 e. The van der Waals surface area contributed by atoms with E-state index in [9.17, 15) is 22.0 Å². The molecule has 78 valence electrons. The smallest absolute Gasteiger partial charge is 0.289 e. The fourth-order valence-corrected chi connectivity index (χ4v) is 1.90. The monoisotopic (exact) mass is 221 g/mol. The molecule has 1 saturated heterocycles. The number of rotatable bonds is 1. The summed E-state index contributed by atoms with van der Waals surface area (Å²) in [5.41, 5.74) is 0. The van der Waals surface area contributed by atoms with Gasteiger partial charge in [0.1, 0.15) is 6.04 Å². The third-order valence-electron chi connectivity index (χ3n) is 2.12. The quantitative estimate of drug-likeness (QED) is 0.481. The van der Waals surface area contributed by atoms with Gasteiger partial charge in [-0.05, 0) is 7.05 Å². The summed E-state index contributed by atoms with van der Waals surface area (Å²) in [4.78, 5) is 0.637. The molecule has 13 heavy (non-hydrogen) atoms. The Bertz CT molecular complexity index is 207. The van der Waals surface area contributed by atoms with Crippen molar-refractivity contribution in [2.45, 2.75) is 23.8 Å². The average molecular weight is 221 g/mol. The molecule has 3 atom stereocenters. The minimum Gasteiger partial charge on any atom is -0.289 e. The molecule has 0 aromatic rings. The molecule has 1 rings (SSSR count). The highest BCUT2D eigenvalue weighted by molar-refractivity contribution is 7.18. The molecule has 1 aliphatic heterocycles. The van der Waals surface area contributed by atoms with E-state index in [4.69, 9.17) is 0 Å². The Morgan fingerprint density at radius 3 is 2.00 bits per heavy atom. The number of alkyl halides is 5. The van der Waals surface area contributed by atoms with Crippen molar-refractivity contribution in [2.75, 3.05) is 13.6 Å². The lowest BCUT2D eigenvalue weighted by molar-refractivity contribution is -0.123. The summed E-state index contributed by atoms with van der Waals surface area (Å²) >= 11 is 0. The molecule has 0 N–H and O–H groups in total. The van der Waals surface area contributed by atoms with E-state index in [0.717, 1.165) is 7.05 Å². The molecule has 7 heteroatoms. The molecule has 1 fully saturated rings. The molecule has 0 aliphatic carbocycles. The summed E-state index contributed by atoms with van der Waals surface area (Å²) in [5.74, 6) is -4.03. The zero-order valence-corrected chi connectivity index (χ0v) is 7.93. The minimum absolute atomic E-state index is 0.637. The Morgan fingerprint density at radius 1 is 1.38 bits per heavy atom. The van der Waals surface area contributed by atoms with Crippen molar-refractivity contribution in [3.8, 4) is 0 Å². The molecule has 1 aliphatic rings. The maximum atomic E-state index is 13.1. The van der Waals surface area contributed by atoms with Crippen LogP contribution in [0.4, 0.5) is 22.0 Å². The molecule has 0 bridgehead atoms. The van der Waals surface area contributed by atoms with Crippen molar-refractivity contribution >= 4 is 9.24 Å². The molecule has 1 heterocycles. The van der Waals surface area contributed by atoms with Crippen LogP contribution in [0.5, 0.6) is 0 Å². The minimum atomic E-state index is -4.03. The van der Waals surface area contributed by atoms with Gasteiger partial charge in [0.05, 0.1) is 0 Å². The van der Waals surface area contributed by atoms with Gasteiger partial charge in [0.15, 0.2) is 0 Å². The second-order valence-electron chi connectivity index (χ2n) is 3.18. The van der Waals surface area contributed by atoms with Gasteiger partial charge in [-0.3, -0.25) is 4.90 Å². The van der Waals surface area contributed by atoms with Gasteiger partial charge in [-0.1, -0.05) is 9.24 Å². The molecule has 0 saturated carbocycles. The van der Waals surface area contributed by atoms with E-state index in [0.29, 0.717) is 4.90 Å². The molecule has 0 aromatic heterocycles. The second kappa shape index (κ2) is 3.02. The van der Waals surface area contributed by atoms with Crippen molar-refractivity contribution < 1.29 is 22.0 Å². The van der Waals surface area contributed by atoms with E-state index in [-0.39, 0.29) is 0 Å². The van der Waals surface area contributed by atoms with Crippen LogP contribution in [-0.2, 0) is 0 Å². The van der Waals surface area contributed by atoms with Gasteiger partial charge in [-0.25, -0.2) is 22.0 Å². The number of hydrogen-bond acceptors (Lipinski definition) is 1. The van der Waals surface area contributed by atoms with Crippen molar-refractivity contribution in [1.29, 1.82) is 0 Å². The Morgan fingerprint density at radius 2 is 1.85 bits per heavy atom. The summed E-state index contributed by atoms with van der Waals surface area (Å²) in [7, 11) is 2.35. The lowest BCUT2D eigenvalue weighted by Crippen LogP contribution is -2.47. The number of nitrogens with zero attached hydrogens (tertiary/aromatic N) is 1. The van der Waals surface area contributed by atoms with Gasteiger partial charge in [-0.15, -0.1) is 0 Å². The molecule has 3 unspecified atom stereocenters. The molecular formula is C6H9F5NP. The van der Waals surface area contributed by atoms with Gasteiger partial charge in [0, 0.05) is 6.54 Å². The first kappa shape index (κ1) is 11.1. The van der Waals surface area contributed by atoms with Crippen LogP contribution >= 0.6 is 9.24 Å². The van der Waals surface area contributed by atoms with Crippen molar-refractivity contribution in [3.63, 3.8) is 0 Å². The first-order valence-corrected chi connectivity index (χ1v) is 4.12. The predicted molar refractivity (Wildman–Crippen MR) is 40.9 cm³/mol. The first-order valence-electron chi connectivity index (χ1n) is 3.54. The average Bonchev–Trinajstić information content (AvgIpc) is 1.96. The molecule has 0 radical (unpaired) electrons. The Hall–Kier alpha value is 0.0400. The predicted octanol–water partition coefficient (Wildman–Crippen LogP) is 1.74. The van der Waals surface area contributed by atoms with Crippen LogP contribution in [0.15, 0.2) is 0 Å². The molecule has 0 aromatic carbocycles. The molecule has 1 nitrogen and oxygen atoms in total. The first-order chi connectivity index (χ1) is 5.70. The summed E-state index contributed by atoms with van der Waals surface area (Å²) in [5, 5.41) is -2.96. The van der Waals surface area contributed by atoms with Crippen molar-refractivity contribution in [2.24, 2.45) is 0 Å². The van der Waals surface area contributed by atoms with Crippen LogP contribution in [0.3, 0.4) is 0 Å². The Kier molecular flexibility index (Phi) is 2.58. The second-order valence-corrected chi connectivity index (χ2v) is 4.09. The maximum absolute atomic E-state index is 13.1. The third kappa shape index (κ3) is 1.54. The van der Waals surface area contributed by atoms with Gasteiger partial charge >= 0.3 is 5.92 Å². The van der Waals surface area contributed by atoms with E-state index >= 15 is 0 Å². The number of likely N-dealkylation sites (tertiary alicyclic amines) is 1. The zero-order chi connectivity index (χ0) is 10.4. The Labute approximate surface area is 74.5 Å². The fourth-order valence-electron chi connectivity index (χ4n) is 1.44. The standard InChI is InChI=1S/C6H9F5NP/c1-12-2-5(9,13)6(10,11)3(12)4(7)8/h3-4H,2,13H2,1H3. The summed E-state index contributed by atoms with van der Waals surface area (Å²) < 4.78 is 63.3. The molecule has 0 spiro atoms. The van der Waals surface area contributed by atoms with Crippen LogP contribution in [0.25, 0.3) is 0 Å². The van der Waals surface area contributed by atoms with E-state index in [1.807, 2.05) is 0 Å². The fraction of sp³-hybridized carbons (Fsp3) is 1.00. The summed E-state index contributed by atoms with van der Waals surface area (Å²) in [6.45, 7) is -0.709. The lowest BCUT2D eigenvalue weighted by atomic mass is 10.1. The van der Waals surface area contributed by atoms with Crippen molar-refractivity contribution in [3.05, 3.63) is 0 Å². The maximum Gasteiger partial charge on any atom is 0.306 e. The highest BCUT2D eigenvalue weighted by atomic mass is 31.0. The third-order valence-corrected chi connectivity index (χ3v) is 2.69. The van der Waals surface area contributed by atoms with Gasteiger partial charge < -0.3 is 0 Å². The van der Waals surface area contributed by atoms with Gasteiger partial charge in [-0.2, -0.15) is 0 Å². The topological polar surface area (TPSA) is 3.24 Å². The van der Waals surface area contributed by atoms with Crippen LogP contribution in [0.1, 0.15) is 0 Å². The normalized spacial score (nSPS) is 40.2. The van der Waals surface area contributed by atoms with Gasteiger partial charge in [0.2, 0.25) is 5.41 Å². The van der Waals surface area contributed by atoms with Crippen LogP contribution in [0.2, 0.25) is 0 Å². The lowest BCUT2D eigenvalue weighted by Gasteiger charge is -2.26. The van der Waals surface area contributed by atoms with E-state index < -0.39 is 30.3 Å². The van der Waals surface area contributed by atoms with E-state index in [1.54, 1.807) is 0 Å². The molecule has 0 amide bonds.